The van der Waals surface area contributed by atoms with E-state index in [2.05, 4.69) is 24.1 Å². The second-order valence-electron chi connectivity index (χ2n) is 10.9. The highest BCUT2D eigenvalue weighted by atomic mass is 32.2. The van der Waals surface area contributed by atoms with Crippen LogP contribution in [0.1, 0.15) is 65.0 Å². The Morgan fingerprint density at radius 3 is 2.84 bits per heavy atom. The molecular formula is C33H38N4O5S. The van der Waals surface area contributed by atoms with Crippen LogP contribution in [0.5, 0.6) is 11.5 Å². The van der Waals surface area contributed by atoms with Crippen LogP contribution in [-0.2, 0) is 24.5 Å². The molecule has 0 radical (unpaired) electrons. The van der Waals surface area contributed by atoms with Crippen LogP contribution in [0, 0.1) is 11.8 Å². The second-order valence-corrected chi connectivity index (χ2v) is 12.4. The fourth-order valence-corrected chi connectivity index (χ4v) is 6.79. The lowest BCUT2D eigenvalue weighted by molar-refractivity contribution is 0.0945. The van der Waals surface area contributed by atoms with Gasteiger partial charge >= 0.3 is 0 Å². The number of rotatable bonds is 11. The molecule has 2 aromatic carbocycles. The molecule has 0 bridgehead atoms. The van der Waals surface area contributed by atoms with Gasteiger partial charge in [-0.3, -0.25) is 9.69 Å². The number of aliphatic hydroxyl groups excluding tert-OH is 1. The zero-order valence-corrected chi connectivity index (χ0v) is 25.7. The van der Waals surface area contributed by atoms with Gasteiger partial charge in [-0.2, -0.15) is 0 Å². The van der Waals surface area contributed by atoms with Gasteiger partial charge in [0.1, 0.15) is 11.4 Å². The predicted molar refractivity (Wildman–Crippen MR) is 167 cm³/mol. The third-order valence-electron chi connectivity index (χ3n) is 7.37. The smallest absolute Gasteiger partial charge is 0.270 e. The van der Waals surface area contributed by atoms with Crippen LogP contribution >= 0.6 is 0 Å². The van der Waals surface area contributed by atoms with E-state index >= 15 is 0 Å². The Kier molecular flexibility index (Phi) is 10.2. The van der Waals surface area contributed by atoms with Crippen LogP contribution in [0.4, 0.5) is 0 Å². The minimum absolute atomic E-state index is 0.0567. The molecule has 0 spiro atoms. The molecule has 2 aliphatic rings. The highest BCUT2D eigenvalue weighted by molar-refractivity contribution is 7.89. The Morgan fingerprint density at radius 1 is 1.21 bits per heavy atom. The number of carbonyl (C=O) groups is 1. The maximum absolute atomic E-state index is 13.5. The zero-order valence-electron chi connectivity index (χ0n) is 24.9. The molecule has 0 saturated carbocycles. The molecule has 226 valence electrons. The van der Waals surface area contributed by atoms with Crippen LogP contribution in [0.2, 0.25) is 0 Å². The summed E-state index contributed by atoms with van der Waals surface area (Å²) in [5, 5.41) is 13.0. The number of amides is 1. The first kappa shape index (κ1) is 30.9. The van der Waals surface area contributed by atoms with Crippen molar-refractivity contribution in [2.75, 3.05) is 39.8 Å². The average molecular weight is 603 g/mol. The lowest BCUT2D eigenvalue weighted by atomic mass is 9.95. The van der Waals surface area contributed by atoms with Crippen molar-refractivity contribution in [1.29, 1.82) is 0 Å². The van der Waals surface area contributed by atoms with Gasteiger partial charge in [-0.25, -0.2) is 4.98 Å². The highest BCUT2D eigenvalue weighted by Gasteiger charge is 2.40. The van der Waals surface area contributed by atoms with Crippen LogP contribution < -0.4 is 14.8 Å². The van der Waals surface area contributed by atoms with Crippen LogP contribution in [0.3, 0.4) is 0 Å². The number of hydrogen-bond acceptors (Lipinski definition) is 8. The van der Waals surface area contributed by atoms with E-state index in [4.69, 9.17) is 14.5 Å². The molecule has 0 saturated heterocycles. The summed E-state index contributed by atoms with van der Waals surface area (Å²) < 4.78 is 26.2. The normalized spacial score (nSPS) is 16.1. The summed E-state index contributed by atoms with van der Waals surface area (Å²) >= 11 is -1.23. The van der Waals surface area contributed by atoms with Crippen molar-refractivity contribution in [3.05, 3.63) is 76.5 Å². The lowest BCUT2D eigenvalue weighted by Crippen LogP contribution is -2.32. The van der Waals surface area contributed by atoms with Crippen LogP contribution in [0.25, 0.3) is 11.3 Å². The third kappa shape index (κ3) is 7.32. The maximum Gasteiger partial charge on any atom is 0.270 e. The first-order chi connectivity index (χ1) is 20.9. The van der Waals surface area contributed by atoms with Crippen molar-refractivity contribution in [3.63, 3.8) is 0 Å². The quantitative estimate of drug-likeness (QED) is 0.250. The molecule has 1 aromatic heterocycles. The molecule has 5 rings (SSSR count). The Morgan fingerprint density at radius 2 is 2.05 bits per heavy atom. The molecule has 1 amide bonds. The topological polar surface area (TPSA) is 110 Å². The molecule has 0 aliphatic carbocycles. The summed E-state index contributed by atoms with van der Waals surface area (Å²) in [6.45, 7) is 3.54. The van der Waals surface area contributed by atoms with Gasteiger partial charge in [0.15, 0.2) is 11.5 Å². The SMILES string of the molecule is CCCC[S@@+]([O-])N1Cc2cc(C(=O)NCc3ccc4c(c3)OCO4)nc(-c3cccc(C#CCN(C)C)c3)c2[C@H]1CCO. The van der Waals surface area contributed by atoms with Gasteiger partial charge in [0.2, 0.25) is 6.79 Å². The van der Waals surface area contributed by atoms with Crippen molar-refractivity contribution in [2.24, 2.45) is 0 Å². The molecule has 0 fully saturated rings. The molecule has 3 heterocycles. The van der Waals surface area contributed by atoms with Crippen molar-refractivity contribution >= 4 is 17.3 Å². The van der Waals surface area contributed by atoms with Gasteiger partial charge in [0.25, 0.3) is 5.91 Å². The Hall–Kier alpha value is -3.59. The fourth-order valence-electron chi connectivity index (χ4n) is 5.25. The standard InChI is InChI=1S/C33H38N4O5S/c1-4-5-16-43(40)37-21-26-19-27(33(39)34-20-24-11-12-29-30(18-24)42-22-41-29)35-32(31(26)28(37)13-15-38)25-10-6-8-23(17-25)9-7-14-36(2)3/h6,8,10-12,17-19,28,38H,4-5,13-16,20-22H2,1-3H3,(H,34,39)/t28-,43-/m1/s1. The molecule has 0 unspecified atom stereocenters. The maximum atomic E-state index is 13.5. The van der Waals surface area contributed by atoms with Gasteiger partial charge in [0.05, 0.1) is 24.8 Å². The number of ether oxygens (including phenoxy) is 2. The number of hydrogen-bond donors (Lipinski definition) is 2. The largest absolute Gasteiger partial charge is 0.598 e. The Bertz CT molecular complexity index is 1520. The minimum atomic E-state index is -1.23. The second kappa shape index (κ2) is 14.3. The average Bonchev–Trinajstić information content (AvgIpc) is 3.63. The third-order valence-corrected chi connectivity index (χ3v) is 8.92. The molecule has 2 atom stereocenters. The Balaban J connectivity index is 1.50. The van der Waals surface area contributed by atoms with E-state index in [1.165, 1.54) is 0 Å². The van der Waals surface area contributed by atoms with Crippen molar-refractivity contribution in [1.82, 2.24) is 19.5 Å². The number of nitrogens with zero attached hydrogens (tertiary/aromatic N) is 3. The van der Waals surface area contributed by atoms with Gasteiger partial charge in [0, 0.05) is 41.2 Å². The van der Waals surface area contributed by atoms with E-state index in [-0.39, 0.29) is 31.0 Å². The summed E-state index contributed by atoms with van der Waals surface area (Å²) in [5.74, 6) is 7.97. The molecule has 10 heteroatoms. The fraction of sp³-hybridized carbons (Fsp3) is 0.394. The monoisotopic (exact) mass is 602 g/mol. The first-order valence-corrected chi connectivity index (χ1v) is 15.9. The summed E-state index contributed by atoms with van der Waals surface area (Å²) in [4.78, 5) is 20.4. The molecule has 9 nitrogen and oxygen atoms in total. The van der Waals surface area contributed by atoms with E-state index in [0.717, 1.165) is 40.7 Å². The van der Waals surface area contributed by atoms with E-state index < -0.39 is 11.4 Å². The predicted octanol–water partition coefficient (Wildman–Crippen LogP) is 4.02. The van der Waals surface area contributed by atoms with Crippen molar-refractivity contribution in [2.45, 2.75) is 45.3 Å². The van der Waals surface area contributed by atoms with Crippen LogP contribution in [0.15, 0.2) is 48.5 Å². The molecule has 2 aliphatic heterocycles. The number of pyridine rings is 1. The van der Waals surface area contributed by atoms with Crippen molar-refractivity contribution in [3.8, 4) is 34.6 Å². The number of nitrogens with one attached hydrogen (secondary N) is 1. The summed E-state index contributed by atoms with van der Waals surface area (Å²) in [7, 11) is 3.94. The van der Waals surface area contributed by atoms with E-state index in [1.54, 1.807) is 6.07 Å². The Labute approximate surface area is 256 Å². The summed E-state index contributed by atoms with van der Waals surface area (Å²) in [6.07, 6.45) is 2.20. The number of carbonyl (C=O) groups excluding carboxylic acids is 1. The summed E-state index contributed by atoms with van der Waals surface area (Å²) in [6, 6.07) is 14.9. The molecular weight excluding hydrogens is 564 g/mol. The number of aromatic nitrogens is 1. The van der Waals surface area contributed by atoms with Gasteiger partial charge in [-0.05, 0) is 68.4 Å². The number of benzene rings is 2. The number of fused-ring (bicyclic) bond motifs is 2. The molecule has 2 N–H and O–H groups in total. The lowest BCUT2D eigenvalue weighted by Gasteiger charge is -2.26. The zero-order chi connectivity index (χ0) is 30.3. The van der Waals surface area contributed by atoms with Gasteiger partial charge < -0.3 is 24.4 Å². The highest BCUT2D eigenvalue weighted by Crippen LogP contribution is 2.43. The molecule has 43 heavy (non-hydrogen) atoms. The van der Waals surface area contributed by atoms with Gasteiger partial charge in [-0.1, -0.05) is 43.4 Å². The van der Waals surface area contributed by atoms with Gasteiger partial charge in [-0.15, -0.1) is 4.31 Å². The van der Waals surface area contributed by atoms with E-state index in [0.29, 0.717) is 49.0 Å². The number of aliphatic hydroxyl groups is 1. The van der Waals surface area contributed by atoms with E-state index in [1.807, 2.05) is 65.8 Å². The van der Waals surface area contributed by atoms with E-state index in [9.17, 15) is 14.5 Å². The number of unbranched alkanes of at least 4 members (excludes halogenated alkanes) is 1. The first-order valence-electron chi connectivity index (χ1n) is 14.6. The van der Waals surface area contributed by atoms with Crippen molar-refractivity contribution < 1.29 is 23.9 Å². The summed E-state index contributed by atoms with van der Waals surface area (Å²) in [5.41, 5.74) is 5.27. The van der Waals surface area contributed by atoms with Crippen LogP contribution in [-0.4, -0.2) is 69.5 Å². The molecule has 3 aromatic rings. The minimum Gasteiger partial charge on any atom is -0.598 e.